The van der Waals surface area contributed by atoms with E-state index in [2.05, 4.69) is 6.92 Å². The summed E-state index contributed by atoms with van der Waals surface area (Å²) in [4.78, 5) is 23.2. The molecule has 128 valence electrons. The quantitative estimate of drug-likeness (QED) is 0.375. The Hall–Kier alpha value is -1.88. The number of ether oxygens (including phenoxy) is 3. The van der Waals surface area contributed by atoms with Crippen molar-refractivity contribution < 1.29 is 23.8 Å². The van der Waals surface area contributed by atoms with Crippen molar-refractivity contribution in [2.45, 2.75) is 46.0 Å². The number of esters is 2. The molecule has 0 heterocycles. The largest absolute Gasteiger partial charge is 0.464 e. The van der Waals surface area contributed by atoms with Crippen LogP contribution in [0.4, 0.5) is 0 Å². The molecule has 0 N–H and O–H groups in total. The predicted octanol–water partition coefficient (Wildman–Crippen LogP) is 3.47. The molecule has 1 rings (SSSR count). The lowest BCUT2D eigenvalue weighted by atomic mass is 10.0. The minimum atomic E-state index is -0.531. The zero-order valence-corrected chi connectivity index (χ0v) is 14.2. The Labute approximate surface area is 137 Å². The Morgan fingerprint density at radius 1 is 1.04 bits per heavy atom. The lowest BCUT2D eigenvalue weighted by Crippen LogP contribution is -2.21. The third-order valence-electron chi connectivity index (χ3n) is 3.22. The van der Waals surface area contributed by atoms with Gasteiger partial charge in [0.15, 0.2) is 0 Å². The number of carbonyl (C=O) groups is 2. The van der Waals surface area contributed by atoms with E-state index in [9.17, 15) is 9.59 Å². The Bertz CT molecular complexity index is 496. The van der Waals surface area contributed by atoms with E-state index in [0.29, 0.717) is 12.4 Å². The number of unbranched alkanes of at least 4 members (excludes halogenated alkanes) is 2. The van der Waals surface area contributed by atoms with Crippen LogP contribution in [0.2, 0.25) is 0 Å². The molecule has 0 spiro atoms. The molecule has 0 bridgehead atoms. The molecule has 1 aromatic rings. The van der Waals surface area contributed by atoms with Crippen LogP contribution < -0.4 is 4.74 Å². The number of para-hydroxylation sites is 1. The minimum absolute atomic E-state index is 0.243. The summed E-state index contributed by atoms with van der Waals surface area (Å²) in [5, 5.41) is 0. The maximum absolute atomic E-state index is 11.8. The van der Waals surface area contributed by atoms with Gasteiger partial charge >= 0.3 is 11.9 Å². The summed E-state index contributed by atoms with van der Waals surface area (Å²) in [6.07, 6.45) is 2.93. The van der Waals surface area contributed by atoms with E-state index in [0.717, 1.165) is 24.8 Å². The molecule has 0 aliphatic heterocycles. The van der Waals surface area contributed by atoms with E-state index < -0.39 is 11.9 Å². The molecule has 5 heteroatoms. The summed E-state index contributed by atoms with van der Waals surface area (Å²) in [5.41, 5.74) is 0.955. The second-order valence-electron chi connectivity index (χ2n) is 5.59. The lowest BCUT2D eigenvalue weighted by molar-refractivity contribution is -0.152. The van der Waals surface area contributed by atoms with Crippen LogP contribution in [0.5, 0.6) is 5.75 Å². The summed E-state index contributed by atoms with van der Waals surface area (Å²) in [5.74, 6) is -0.218. The zero-order chi connectivity index (χ0) is 17.1. The molecule has 0 radical (unpaired) electrons. The summed E-state index contributed by atoms with van der Waals surface area (Å²) in [6.45, 7) is 6.00. The molecule has 0 aliphatic rings. The van der Waals surface area contributed by atoms with E-state index in [1.807, 2.05) is 32.0 Å². The van der Waals surface area contributed by atoms with Crippen LogP contribution in [0, 0.1) is 0 Å². The topological polar surface area (TPSA) is 61.8 Å². The van der Waals surface area contributed by atoms with Gasteiger partial charge in [0.25, 0.3) is 0 Å². The van der Waals surface area contributed by atoms with Gasteiger partial charge in [-0.2, -0.15) is 0 Å². The third-order valence-corrected chi connectivity index (χ3v) is 3.22. The Balaban J connectivity index is 2.28. The van der Waals surface area contributed by atoms with Crippen LogP contribution in [0.3, 0.4) is 0 Å². The summed E-state index contributed by atoms with van der Waals surface area (Å²) >= 11 is 0. The van der Waals surface area contributed by atoms with E-state index in [-0.39, 0.29) is 19.1 Å². The maximum atomic E-state index is 11.8. The van der Waals surface area contributed by atoms with Crippen LogP contribution in [-0.4, -0.2) is 31.8 Å². The molecule has 0 unspecified atom stereocenters. The Kier molecular flexibility index (Phi) is 8.98. The highest BCUT2D eigenvalue weighted by Gasteiger charge is 2.12. The van der Waals surface area contributed by atoms with Crippen molar-refractivity contribution in [1.82, 2.24) is 0 Å². The van der Waals surface area contributed by atoms with Gasteiger partial charge in [-0.3, -0.25) is 0 Å². The molecule has 0 fully saturated rings. The van der Waals surface area contributed by atoms with Crippen molar-refractivity contribution in [3.8, 4) is 5.75 Å². The smallest absolute Gasteiger partial charge is 0.337 e. The van der Waals surface area contributed by atoms with Gasteiger partial charge < -0.3 is 14.2 Å². The molecular formula is C18H26O5. The van der Waals surface area contributed by atoms with Gasteiger partial charge in [-0.05, 0) is 24.0 Å². The third kappa shape index (κ3) is 7.79. The molecule has 0 amide bonds. The van der Waals surface area contributed by atoms with Crippen LogP contribution in [0.15, 0.2) is 24.3 Å². The first-order chi connectivity index (χ1) is 11.0. The number of hydrogen-bond donors (Lipinski definition) is 0. The summed E-state index contributed by atoms with van der Waals surface area (Å²) < 4.78 is 15.3. The maximum Gasteiger partial charge on any atom is 0.337 e. The second-order valence-corrected chi connectivity index (χ2v) is 5.59. The summed E-state index contributed by atoms with van der Waals surface area (Å²) in [6, 6.07) is 7.37. The molecule has 0 aromatic heterocycles. The van der Waals surface area contributed by atoms with Crippen LogP contribution in [0.1, 0.15) is 51.5 Å². The second kappa shape index (κ2) is 10.8. The zero-order valence-electron chi connectivity index (χ0n) is 14.2. The van der Waals surface area contributed by atoms with E-state index in [4.69, 9.17) is 14.2 Å². The van der Waals surface area contributed by atoms with Crippen molar-refractivity contribution in [1.29, 1.82) is 0 Å². The molecule has 0 saturated heterocycles. The van der Waals surface area contributed by atoms with Gasteiger partial charge in [-0.25, -0.2) is 9.59 Å². The Morgan fingerprint density at radius 2 is 1.74 bits per heavy atom. The highest BCUT2D eigenvalue weighted by atomic mass is 16.6. The number of hydrogen-bond acceptors (Lipinski definition) is 5. The number of rotatable bonds is 10. The lowest BCUT2D eigenvalue weighted by Gasteiger charge is -2.12. The van der Waals surface area contributed by atoms with Gasteiger partial charge in [0, 0.05) is 0 Å². The molecule has 0 saturated carbocycles. The molecule has 0 aliphatic carbocycles. The van der Waals surface area contributed by atoms with E-state index >= 15 is 0 Å². The first kappa shape index (κ1) is 19.2. The average Bonchev–Trinajstić information content (AvgIpc) is 2.52. The van der Waals surface area contributed by atoms with Crippen LogP contribution in [0.25, 0.3) is 0 Å². The molecule has 1 aromatic carbocycles. The van der Waals surface area contributed by atoms with Gasteiger partial charge in [0.1, 0.15) is 19.0 Å². The first-order valence-corrected chi connectivity index (χ1v) is 8.07. The van der Waals surface area contributed by atoms with Crippen LogP contribution >= 0.6 is 0 Å². The highest BCUT2D eigenvalue weighted by Crippen LogP contribution is 2.25. The van der Waals surface area contributed by atoms with Crippen molar-refractivity contribution >= 4 is 11.9 Å². The van der Waals surface area contributed by atoms with Crippen molar-refractivity contribution in [2.75, 3.05) is 19.8 Å². The van der Waals surface area contributed by atoms with Gasteiger partial charge in [0.05, 0.1) is 6.61 Å². The highest BCUT2D eigenvalue weighted by molar-refractivity contribution is 5.75. The van der Waals surface area contributed by atoms with E-state index in [1.165, 1.54) is 0 Å². The fraction of sp³-hybridized carbons (Fsp3) is 0.556. The monoisotopic (exact) mass is 322 g/mol. The molecule has 5 nitrogen and oxygen atoms in total. The molecule has 0 atom stereocenters. The van der Waals surface area contributed by atoms with Crippen molar-refractivity contribution in [3.63, 3.8) is 0 Å². The van der Waals surface area contributed by atoms with E-state index in [1.54, 1.807) is 6.07 Å². The van der Waals surface area contributed by atoms with Crippen molar-refractivity contribution in [3.05, 3.63) is 29.8 Å². The van der Waals surface area contributed by atoms with Crippen molar-refractivity contribution in [2.24, 2.45) is 0 Å². The van der Waals surface area contributed by atoms with Gasteiger partial charge in [-0.1, -0.05) is 51.8 Å². The SMILES string of the molecule is CCCCCOC(=O)COCC(=O)Oc1ccccc1C(C)C. The van der Waals surface area contributed by atoms with Gasteiger partial charge in [0.2, 0.25) is 0 Å². The number of carbonyl (C=O) groups excluding carboxylic acids is 2. The fourth-order valence-electron chi connectivity index (χ4n) is 2.00. The fourth-order valence-corrected chi connectivity index (χ4v) is 2.00. The molecular weight excluding hydrogens is 296 g/mol. The number of benzene rings is 1. The van der Waals surface area contributed by atoms with Gasteiger partial charge in [-0.15, -0.1) is 0 Å². The first-order valence-electron chi connectivity index (χ1n) is 8.07. The molecule has 23 heavy (non-hydrogen) atoms. The normalized spacial score (nSPS) is 10.6. The predicted molar refractivity (Wildman–Crippen MR) is 87.5 cm³/mol. The Morgan fingerprint density at radius 3 is 2.43 bits per heavy atom. The van der Waals surface area contributed by atoms with Crippen LogP contribution in [-0.2, 0) is 19.1 Å². The average molecular weight is 322 g/mol. The summed E-state index contributed by atoms with van der Waals surface area (Å²) in [7, 11) is 0. The minimum Gasteiger partial charge on any atom is -0.464 e. The standard InChI is InChI=1S/C18H26O5/c1-4-5-8-11-22-17(19)12-21-13-18(20)23-16-10-7-6-9-15(16)14(2)3/h6-7,9-10,14H,4-5,8,11-13H2,1-3H3.